The van der Waals surface area contributed by atoms with Gasteiger partial charge in [0.2, 0.25) is 0 Å². The molecule has 0 aliphatic carbocycles. The first-order chi connectivity index (χ1) is 10.3. The Kier molecular flexibility index (Phi) is 5.30. The molecule has 3 nitrogen and oxygen atoms in total. The van der Waals surface area contributed by atoms with E-state index in [0.29, 0.717) is 0 Å². The van der Waals surface area contributed by atoms with Gasteiger partial charge in [0.1, 0.15) is 0 Å². The van der Waals surface area contributed by atoms with Gasteiger partial charge in [0, 0.05) is 42.2 Å². The normalized spacial score (nSPS) is 29.7. The second kappa shape index (κ2) is 7.21. The highest BCUT2D eigenvalue weighted by atomic mass is 32.1. The van der Waals surface area contributed by atoms with Crippen LogP contribution in [0.2, 0.25) is 0 Å². The molecule has 0 aromatic carbocycles. The topological polar surface area (TPSA) is 28.2 Å². The zero-order valence-corrected chi connectivity index (χ0v) is 14.3. The Morgan fingerprint density at radius 2 is 2.10 bits per heavy atom. The van der Waals surface area contributed by atoms with Crippen LogP contribution in [0.1, 0.15) is 56.2 Å². The van der Waals surface area contributed by atoms with Gasteiger partial charge in [-0.2, -0.15) is 0 Å². The maximum Gasteiger partial charge on any atom is 0.0940 e. The van der Waals surface area contributed by atoms with Gasteiger partial charge in [0.15, 0.2) is 0 Å². The Bertz CT molecular complexity index is 431. The van der Waals surface area contributed by atoms with Crippen molar-refractivity contribution in [1.29, 1.82) is 0 Å². The monoisotopic (exact) mass is 307 g/mol. The van der Waals surface area contributed by atoms with Crippen molar-refractivity contribution in [3.63, 3.8) is 0 Å². The average molecular weight is 308 g/mol. The number of aromatic nitrogens is 1. The maximum absolute atomic E-state index is 4.62. The Morgan fingerprint density at radius 3 is 2.71 bits per heavy atom. The molecule has 0 amide bonds. The molecule has 2 aliphatic rings. The van der Waals surface area contributed by atoms with Crippen LogP contribution in [0.15, 0.2) is 5.38 Å². The Labute approximate surface area is 133 Å². The summed E-state index contributed by atoms with van der Waals surface area (Å²) in [6.07, 6.45) is 9.33. The zero-order chi connectivity index (χ0) is 14.7. The molecule has 2 atom stereocenters. The van der Waals surface area contributed by atoms with Crippen molar-refractivity contribution in [2.45, 2.75) is 76.9 Å². The van der Waals surface area contributed by atoms with Gasteiger partial charge in [-0.05, 0) is 45.6 Å². The quantitative estimate of drug-likeness (QED) is 0.873. The van der Waals surface area contributed by atoms with Crippen LogP contribution in [0.25, 0.3) is 0 Å². The van der Waals surface area contributed by atoms with E-state index in [-0.39, 0.29) is 0 Å². The molecule has 4 heteroatoms. The minimum Gasteiger partial charge on any atom is -0.314 e. The molecule has 0 radical (unpaired) electrons. The number of hydrogen-bond acceptors (Lipinski definition) is 4. The summed E-state index contributed by atoms with van der Waals surface area (Å²) in [5.74, 6) is 0. The third-order valence-electron chi connectivity index (χ3n) is 5.06. The Hall–Kier alpha value is -0.450. The lowest BCUT2D eigenvalue weighted by atomic mass is 9.81. The Balaban J connectivity index is 1.56. The molecule has 2 unspecified atom stereocenters. The van der Waals surface area contributed by atoms with Crippen molar-refractivity contribution in [2.24, 2.45) is 0 Å². The summed E-state index contributed by atoms with van der Waals surface area (Å²) in [6.45, 7) is 6.75. The first-order valence-electron chi connectivity index (χ1n) is 8.66. The van der Waals surface area contributed by atoms with Gasteiger partial charge < -0.3 is 5.32 Å². The van der Waals surface area contributed by atoms with Gasteiger partial charge >= 0.3 is 0 Å². The first-order valence-corrected chi connectivity index (χ1v) is 9.54. The molecule has 2 fully saturated rings. The smallest absolute Gasteiger partial charge is 0.0940 e. The fourth-order valence-corrected chi connectivity index (χ4v) is 4.87. The fourth-order valence-electron chi connectivity index (χ4n) is 4.10. The fraction of sp³-hybridized carbons (Fsp3) is 0.824. The minimum atomic E-state index is 0.763. The number of piperidine rings is 2. The number of nitrogens with zero attached hydrogens (tertiary/aromatic N) is 2. The van der Waals surface area contributed by atoms with E-state index in [2.05, 4.69) is 34.4 Å². The molecule has 21 heavy (non-hydrogen) atoms. The Morgan fingerprint density at radius 1 is 1.33 bits per heavy atom. The summed E-state index contributed by atoms with van der Waals surface area (Å²) in [6, 6.07) is 2.39. The molecule has 2 saturated heterocycles. The lowest BCUT2D eigenvalue weighted by molar-refractivity contribution is 0.0257. The number of hydrogen-bond donors (Lipinski definition) is 1. The van der Waals surface area contributed by atoms with Gasteiger partial charge in [-0.15, -0.1) is 11.3 Å². The summed E-state index contributed by atoms with van der Waals surface area (Å²) in [7, 11) is 0. The highest BCUT2D eigenvalue weighted by molar-refractivity contribution is 7.09. The summed E-state index contributed by atoms with van der Waals surface area (Å²) in [5.41, 5.74) is 1.18. The van der Waals surface area contributed by atoms with Gasteiger partial charge in [0.05, 0.1) is 5.01 Å². The van der Waals surface area contributed by atoms with Crippen LogP contribution in [0.4, 0.5) is 0 Å². The summed E-state index contributed by atoms with van der Waals surface area (Å²) in [5, 5.41) is 7.25. The van der Waals surface area contributed by atoms with Gasteiger partial charge in [-0.3, -0.25) is 4.90 Å². The van der Waals surface area contributed by atoms with E-state index in [1.807, 2.05) is 11.3 Å². The number of rotatable bonds is 6. The molecule has 0 saturated carbocycles. The highest BCUT2D eigenvalue weighted by Crippen LogP contribution is 2.34. The van der Waals surface area contributed by atoms with E-state index in [4.69, 9.17) is 0 Å². The second-order valence-corrected chi connectivity index (χ2v) is 7.67. The predicted octanol–water partition coefficient (Wildman–Crippen LogP) is 3.38. The van der Waals surface area contributed by atoms with Crippen LogP contribution in [0.5, 0.6) is 0 Å². The van der Waals surface area contributed by atoms with E-state index < -0.39 is 0 Å². The molecule has 1 N–H and O–H groups in total. The molecular formula is C17H29N3S. The molecule has 118 valence electrons. The standard InChI is InChI=1S/C17H29N3S/c1-3-8-18-14-10-15-5-4-6-16(11-14)20(15)9-7-17-19-13(2)12-21-17/h12,14-16,18H,3-11H2,1-2H3. The summed E-state index contributed by atoms with van der Waals surface area (Å²) < 4.78 is 0. The lowest BCUT2D eigenvalue weighted by Gasteiger charge is -2.49. The maximum atomic E-state index is 4.62. The van der Waals surface area contributed by atoms with E-state index in [0.717, 1.165) is 24.5 Å². The number of thiazole rings is 1. The van der Waals surface area contributed by atoms with Crippen molar-refractivity contribution < 1.29 is 0 Å². The van der Waals surface area contributed by atoms with Crippen molar-refractivity contribution in [1.82, 2.24) is 15.2 Å². The number of fused-ring (bicyclic) bond motifs is 2. The number of nitrogens with one attached hydrogen (secondary N) is 1. The highest BCUT2D eigenvalue weighted by Gasteiger charge is 2.37. The average Bonchev–Trinajstić information content (AvgIpc) is 2.88. The summed E-state index contributed by atoms with van der Waals surface area (Å²) in [4.78, 5) is 7.43. The minimum absolute atomic E-state index is 0.763. The molecule has 1 aromatic heterocycles. The predicted molar refractivity (Wildman–Crippen MR) is 90.0 cm³/mol. The van der Waals surface area contributed by atoms with Crippen LogP contribution < -0.4 is 5.32 Å². The van der Waals surface area contributed by atoms with Crippen molar-refractivity contribution in [2.75, 3.05) is 13.1 Å². The number of aryl methyl sites for hydroxylation is 1. The largest absolute Gasteiger partial charge is 0.314 e. The molecular weight excluding hydrogens is 278 g/mol. The summed E-state index contributed by atoms with van der Waals surface area (Å²) >= 11 is 1.83. The van der Waals surface area contributed by atoms with Crippen molar-refractivity contribution in [3.8, 4) is 0 Å². The molecule has 3 rings (SSSR count). The van der Waals surface area contributed by atoms with Crippen molar-refractivity contribution in [3.05, 3.63) is 16.1 Å². The van der Waals surface area contributed by atoms with Gasteiger partial charge in [-0.25, -0.2) is 4.98 Å². The third kappa shape index (κ3) is 3.85. The van der Waals surface area contributed by atoms with Crippen LogP contribution in [0.3, 0.4) is 0 Å². The van der Waals surface area contributed by atoms with Gasteiger partial charge in [-0.1, -0.05) is 13.3 Å². The van der Waals surface area contributed by atoms with Gasteiger partial charge in [0.25, 0.3) is 0 Å². The second-order valence-electron chi connectivity index (χ2n) is 6.73. The molecule has 1 aromatic rings. The third-order valence-corrected chi connectivity index (χ3v) is 6.09. The van der Waals surface area contributed by atoms with Crippen LogP contribution in [-0.4, -0.2) is 41.1 Å². The first kappa shape index (κ1) is 15.4. The van der Waals surface area contributed by atoms with Crippen LogP contribution in [-0.2, 0) is 6.42 Å². The zero-order valence-electron chi connectivity index (χ0n) is 13.5. The van der Waals surface area contributed by atoms with E-state index in [1.165, 1.54) is 62.3 Å². The lowest BCUT2D eigenvalue weighted by Crippen LogP contribution is -2.56. The molecule has 0 spiro atoms. The molecule has 3 heterocycles. The molecule has 2 bridgehead atoms. The SMILES string of the molecule is CCCNC1CC2CCCC(C1)N2CCc1nc(C)cs1. The molecule has 2 aliphatic heterocycles. The van der Waals surface area contributed by atoms with Crippen molar-refractivity contribution >= 4 is 11.3 Å². The van der Waals surface area contributed by atoms with E-state index >= 15 is 0 Å². The van der Waals surface area contributed by atoms with E-state index in [9.17, 15) is 0 Å². The van der Waals surface area contributed by atoms with E-state index in [1.54, 1.807) is 0 Å². The van der Waals surface area contributed by atoms with Crippen LogP contribution in [0, 0.1) is 6.92 Å². The van der Waals surface area contributed by atoms with Crippen LogP contribution >= 0.6 is 11.3 Å².